The number of oxazole rings is 1. The number of hydrogen-bond donors (Lipinski definition) is 1. The molecule has 0 radical (unpaired) electrons. The van der Waals surface area contributed by atoms with E-state index in [2.05, 4.69) is 63.4 Å². The summed E-state index contributed by atoms with van der Waals surface area (Å²) in [6, 6.07) is 36.0. The molecule has 4 aromatic carbocycles. The van der Waals surface area contributed by atoms with Crippen LogP contribution in [-0.4, -0.2) is 42.0 Å². The number of carbonyl (C=O) groups excluding carboxylic acids is 1. The van der Waals surface area contributed by atoms with E-state index in [0.717, 1.165) is 49.5 Å². The zero-order valence-corrected chi connectivity index (χ0v) is 22.6. The second-order valence-electron chi connectivity index (χ2n) is 10.2. The lowest BCUT2D eigenvalue weighted by Gasteiger charge is -2.36. The van der Waals surface area contributed by atoms with Gasteiger partial charge in [0.15, 0.2) is 11.5 Å². The molecule has 40 heavy (non-hydrogen) atoms. The van der Waals surface area contributed by atoms with Crippen LogP contribution in [0.5, 0.6) is 0 Å². The van der Waals surface area contributed by atoms with Crippen LogP contribution in [0.3, 0.4) is 0 Å². The maximum atomic E-state index is 13.4. The number of hydrogen-bond acceptors (Lipinski definition) is 5. The van der Waals surface area contributed by atoms with Gasteiger partial charge in [-0.15, -0.1) is 0 Å². The quantitative estimate of drug-likeness (QED) is 0.249. The fraction of sp³-hybridized carbons (Fsp3) is 0.176. The molecule has 0 spiro atoms. The van der Waals surface area contributed by atoms with E-state index < -0.39 is 0 Å². The van der Waals surface area contributed by atoms with E-state index in [9.17, 15) is 4.79 Å². The summed E-state index contributed by atoms with van der Waals surface area (Å²) in [6.07, 6.45) is 0. The molecule has 6 rings (SSSR count). The number of amides is 1. The minimum Gasteiger partial charge on any atom is -0.435 e. The average Bonchev–Trinajstić information content (AvgIpc) is 3.46. The van der Waals surface area contributed by atoms with E-state index in [1.54, 1.807) is 0 Å². The number of carbonyl (C=O) groups is 1. The molecule has 1 aliphatic heterocycles. The zero-order valence-electron chi connectivity index (χ0n) is 22.6. The molecular weight excluding hydrogens is 496 g/mol. The monoisotopic (exact) mass is 528 g/mol. The topological polar surface area (TPSA) is 61.6 Å². The third-order valence-corrected chi connectivity index (χ3v) is 7.26. The highest BCUT2D eigenvalue weighted by atomic mass is 16.4. The van der Waals surface area contributed by atoms with Crippen LogP contribution >= 0.6 is 0 Å². The predicted molar refractivity (Wildman–Crippen MR) is 160 cm³/mol. The average molecular weight is 529 g/mol. The Morgan fingerprint density at radius 1 is 0.800 bits per heavy atom. The molecule has 5 aromatic rings. The maximum Gasteiger partial charge on any atom is 0.278 e. The summed E-state index contributed by atoms with van der Waals surface area (Å²) >= 11 is 0. The molecule has 1 N–H and O–H groups in total. The summed E-state index contributed by atoms with van der Waals surface area (Å²) in [7, 11) is 0. The van der Waals surface area contributed by atoms with Gasteiger partial charge in [-0.05, 0) is 54.4 Å². The zero-order chi connectivity index (χ0) is 27.3. The molecular formula is C34H32N4O2. The van der Waals surface area contributed by atoms with Crippen LogP contribution in [0.2, 0.25) is 0 Å². The minimum absolute atomic E-state index is 0.264. The molecule has 0 bridgehead atoms. The van der Waals surface area contributed by atoms with Crippen LogP contribution in [-0.2, 0) is 6.54 Å². The molecule has 6 nitrogen and oxygen atoms in total. The number of anilines is 2. The van der Waals surface area contributed by atoms with Gasteiger partial charge in [-0.3, -0.25) is 9.69 Å². The van der Waals surface area contributed by atoms with Crippen LogP contribution in [0.25, 0.3) is 22.8 Å². The first-order valence-electron chi connectivity index (χ1n) is 13.7. The number of nitrogens with zero attached hydrogens (tertiary/aromatic N) is 3. The summed E-state index contributed by atoms with van der Waals surface area (Å²) < 4.78 is 6.11. The Hall–Kier alpha value is -4.68. The highest BCUT2D eigenvalue weighted by molar-refractivity contribution is 6.06. The normalized spacial score (nSPS) is 13.8. The van der Waals surface area contributed by atoms with Crippen molar-refractivity contribution in [1.82, 2.24) is 9.88 Å². The lowest BCUT2D eigenvalue weighted by Crippen LogP contribution is -2.45. The minimum atomic E-state index is -0.301. The molecule has 2 heterocycles. The fourth-order valence-corrected chi connectivity index (χ4v) is 5.09. The highest BCUT2D eigenvalue weighted by Gasteiger charge is 2.23. The smallest absolute Gasteiger partial charge is 0.278 e. The summed E-state index contributed by atoms with van der Waals surface area (Å²) in [5.41, 5.74) is 6.44. The third kappa shape index (κ3) is 5.82. The molecule has 200 valence electrons. The van der Waals surface area contributed by atoms with Crippen LogP contribution in [0.15, 0.2) is 114 Å². The van der Waals surface area contributed by atoms with Crippen LogP contribution in [0.4, 0.5) is 11.4 Å². The van der Waals surface area contributed by atoms with E-state index >= 15 is 0 Å². The van der Waals surface area contributed by atoms with Gasteiger partial charge in [0.05, 0.1) is 0 Å². The van der Waals surface area contributed by atoms with Gasteiger partial charge in [-0.1, -0.05) is 72.8 Å². The second-order valence-corrected chi connectivity index (χ2v) is 10.2. The van der Waals surface area contributed by atoms with E-state index in [4.69, 9.17) is 4.42 Å². The summed E-state index contributed by atoms with van der Waals surface area (Å²) in [6.45, 7) is 7.10. The van der Waals surface area contributed by atoms with Crippen molar-refractivity contribution in [3.05, 3.63) is 126 Å². The van der Waals surface area contributed by atoms with E-state index in [-0.39, 0.29) is 11.6 Å². The van der Waals surface area contributed by atoms with Gasteiger partial charge in [-0.25, -0.2) is 4.98 Å². The first kappa shape index (κ1) is 25.6. The predicted octanol–water partition coefficient (Wildman–Crippen LogP) is 6.89. The van der Waals surface area contributed by atoms with Crippen molar-refractivity contribution in [2.24, 2.45) is 0 Å². The second kappa shape index (κ2) is 11.6. The van der Waals surface area contributed by atoms with Crippen molar-refractivity contribution >= 4 is 17.3 Å². The van der Waals surface area contributed by atoms with Crippen LogP contribution in [0, 0.1) is 6.92 Å². The Labute approximate surface area is 234 Å². The van der Waals surface area contributed by atoms with Gasteiger partial charge in [0.25, 0.3) is 5.91 Å². The van der Waals surface area contributed by atoms with Gasteiger partial charge in [0, 0.05) is 55.2 Å². The molecule has 1 fully saturated rings. The van der Waals surface area contributed by atoms with Gasteiger partial charge in [0.2, 0.25) is 5.89 Å². The van der Waals surface area contributed by atoms with Gasteiger partial charge < -0.3 is 14.6 Å². The number of nitrogens with one attached hydrogen (secondary N) is 1. The molecule has 1 aromatic heterocycles. The summed E-state index contributed by atoms with van der Waals surface area (Å²) in [5.74, 6) is 0.575. The third-order valence-electron chi connectivity index (χ3n) is 7.26. The number of benzene rings is 4. The number of rotatable bonds is 7. The Morgan fingerprint density at radius 3 is 2.15 bits per heavy atom. The highest BCUT2D eigenvalue weighted by Crippen LogP contribution is 2.30. The Kier molecular flexibility index (Phi) is 7.42. The fourth-order valence-electron chi connectivity index (χ4n) is 5.09. The van der Waals surface area contributed by atoms with E-state index in [1.165, 1.54) is 16.8 Å². The summed E-state index contributed by atoms with van der Waals surface area (Å²) in [5, 5.41) is 3.01. The van der Waals surface area contributed by atoms with Crippen molar-refractivity contribution in [2.45, 2.75) is 13.5 Å². The molecule has 1 amide bonds. The molecule has 0 aliphatic carbocycles. The SMILES string of the molecule is Cc1cccc(N2CCN(Cc3ccc(NC(=O)c4nc(-c5ccccc5)oc4-c4ccccc4)cc3)CC2)c1. The molecule has 0 unspecified atom stereocenters. The molecule has 6 heteroatoms. The van der Waals surface area contributed by atoms with Crippen LogP contribution < -0.4 is 10.2 Å². The van der Waals surface area contributed by atoms with Crippen LogP contribution in [0.1, 0.15) is 21.6 Å². The Morgan fingerprint density at radius 2 is 1.48 bits per heavy atom. The van der Waals surface area contributed by atoms with Gasteiger partial charge in [0.1, 0.15) is 0 Å². The van der Waals surface area contributed by atoms with E-state index in [0.29, 0.717) is 11.7 Å². The summed E-state index contributed by atoms with van der Waals surface area (Å²) in [4.78, 5) is 22.9. The van der Waals surface area contributed by atoms with E-state index in [1.807, 2.05) is 72.8 Å². The lowest BCUT2D eigenvalue weighted by atomic mass is 10.1. The van der Waals surface area contributed by atoms with Crippen molar-refractivity contribution in [3.8, 4) is 22.8 Å². The first-order valence-corrected chi connectivity index (χ1v) is 13.7. The molecule has 1 saturated heterocycles. The van der Waals surface area contributed by atoms with Crippen molar-refractivity contribution in [1.29, 1.82) is 0 Å². The van der Waals surface area contributed by atoms with Crippen molar-refractivity contribution < 1.29 is 9.21 Å². The number of aryl methyl sites for hydroxylation is 1. The Bertz CT molecular complexity index is 1570. The van der Waals surface area contributed by atoms with Gasteiger partial charge >= 0.3 is 0 Å². The largest absolute Gasteiger partial charge is 0.435 e. The first-order chi connectivity index (χ1) is 19.6. The molecule has 0 saturated carbocycles. The Balaban J connectivity index is 1.11. The standard InChI is InChI=1S/C34H32N4O2/c1-25-9-8-14-30(23-25)38-21-19-37(20-22-38)24-26-15-17-29(18-16-26)35-33(39)31-32(27-10-4-2-5-11-27)40-34(36-31)28-12-6-3-7-13-28/h2-18,23H,19-22,24H2,1H3,(H,35,39). The van der Waals surface area contributed by atoms with Gasteiger partial charge in [-0.2, -0.15) is 0 Å². The molecule has 0 atom stereocenters. The van der Waals surface area contributed by atoms with Crippen molar-refractivity contribution in [3.63, 3.8) is 0 Å². The lowest BCUT2D eigenvalue weighted by molar-refractivity contribution is 0.102. The number of aromatic nitrogens is 1. The molecule has 1 aliphatic rings. The maximum absolute atomic E-state index is 13.4. The van der Waals surface area contributed by atoms with Crippen molar-refractivity contribution in [2.75, 3.05) is 36.4 Å². The number of piperazine rings is 1.